The van der Waals surface area contributed by atoms with Gasteiger partial charge in [0.15, 0.2) is 0 Å². The SMILES string of the molecule is [N-]=[N+]=Nc1ccc(N(c2ccc(N=[N+]=[N-])cc2)c2ccc(N=[N+]=[N-])cc2)cc1. The molecule has 0 amide bonds. The summed E-state index contributed by atoms with van der Waals surface area (Å²) in [6, 6.07) is 21.2. The molecule has 0 saturated heterocycles. The van der Waals surface area contributed by atoms with Crippen molar-refractivity contribution in [3.05, 3.63) is 104 Å². The van der Waals surface area contributed by atoms with Crippen molar-refractivity contribution in [2.24, 2.45) is 15.3 Å². The van der Waals surface area contributed by atoms with Gasteiger partial charge in [0.1, 0.15) is 0 Å². The Hall–Kier alpha value is -4.61. The van der Waals surface area contributed by atoms with Crippen LogP contribution in [0.15, 0.2) is 88.1 Å². The van der Waals surface area contributed by atoms with E-state index in [0.29, 0.717) is 17.1 Å². The largest absolute Gasteiger partial charge is 0.311 e. The van der Waals surface area contributed by atoms with Crippen LogP contribution in [0.25, 0.3) is 31.3 Å². The van der Waals surface area contributed by atoms with Crippen LogP contribution in [0.2, 0.25) is 0 Å². The molecule has 0 saturated carbocycles. The fraction of sp³-hybridized carbons (Fsp3) is 0. The van der Waals surface area contributed by atoms with E-state index < -0.39 is 0 Å². The first-order valence-electron chi connectivity index (χ1n) is 8.01. The van der Waals surface area contributed by atoms with Crippen LogP contribution in [0.3, 0.4) is 0 Å². The van der Waals surface area contributed by atoms with Gasteiger partial charge >= 0.3 is 0 Å². The third-order valence-electron chi connectivity index (χ3n) is 3.80. The monoisotopic (exact) mass is 368 g/mol. The lowest BCUT2D eigenvalue weighted by molar-refractivity contribution is 1.27. The molecule has 3 aromatic rings. The highest BCUT2D eigenvalue weighted by Crippen LogP contribution is 2.36. The summed E-state index contributed by atoms with van der Waals surface area (Å²) in [4.78, 5) is 10.3. The highest BCUT2D eigenvalue weighted by molar-refractivity contribution is 5.78. The van der Waals surface area contributed by atoms with Gasteiger partial charge in [-0.1, -0.05) is 51.7 Å². The lowest BCUT2D eigenvalue weighted by Gasteiger charge is -2.25. The van der Waals surface area contributed by atoms with Gasteiger partial charge < -0.3 is 4.90 Å². The minimum absolute atomic E-state index is 0.503. The van der Waals surface area contributed by atoms with Crippen LogP contribution in [0.5, 0.6) is 0 Å². The summed E-state index contributed by atoms with van der Waals surface area (Å²) >= 11 is 0. The Labute approximate surface area is 159 Å². The zero-order chi connectivity index (χ0) is 19.8. The van der Waals surface area contributed by atoms with E-state index in [2.05, 4.69) is 30.1 Å². The van der Waals surface area contributed by atoms with E-state index in [9.17, 15) is 0 Å². The van der Waals surface area contributed by atoms with Crippen molar-refractivity contribution in [1.82, 2.24) is 0 Å². The molecule has 0 unspecified atom stereocenters. The quantitative estimate of drug-likeness (QED) is 0.242. The number of azide groups is 3. The molecular formula is C18H12N10. The van der Waals surface area contributed by atoms with E-state index in [1.54, 1.807) is 36.4 Å². The van der Waals surface area contributed by atoms with Gasteiger partial charge in [0.05, 0.1) is 0 Å². The molecule has 0 aliphatic heterocycles. The summed E-state index contributed by atoms with van der Waals surface area (Å²) in [6.07, 6.45) is 0. The van der Waals surface area contributed by atoms with E-state index in [1.807, 2.05) is 41.3 Å². The molecule has 0 bridgehead atoms. The minimum atomic E-state index is 0.503. The molecule has 0 heterocycles. The summed E-state index contributed by atoms with van der Waals surface area (Å²) in [5.41, 5.74) is 29.7. The Morgan fingerprint density at radius 3 is 0.929 bits per heavy atom. The zero-order valence-electron chi connectivity index (χ0n) is 14.4. The molecule has 28 heavy (non-hydrogen) atoms. The smallest absolute Gasteiger partial charge is 0.0461 e. The number of rotatable bonds is 6. The van der Waals surface area contributed by atoms with E-state index in [4.69, 9.17) is 16.6 Å². The van der Waals surface area contributed by atoms with Crippen molar-refractivity contribution in [2.75, 3.05) is 4.90 Å². The predicted octanol–water partition coefficient (Wildman–Crippen LogP) is 7.98. The lowest BCUT2D eigenvalue weighted by Crippen LogP contribution is -2.09. The van der Waals surface area contributed by atoms with Crippen LogP contribution in [0.4, 0.5) is 34.1 Å². The molecule has 0 radical (unpaired) electrons. The van der Waals surface area contributed by atoms with Crippen LogP contribution in [0, 0.1) is 0 Å². The fourth-order valence-corrected chi connectivity index (χ4v) is 2.61. The van der Waals surface area contributed by atoms with Gasteiger partial charge in [-0.15, -0.1) is 0 Å². The molecule has 10 heteroatoms. The number of nitrogens with zero attached hydrogens (tertiary/aromatic N) is 10. The molecule has 10 nitrogen and oxygen atoms in total. The predicted molar refractivity (Wildman–Crippen MR) is 108 cm³/mol. The minimum Gasteiger partial charge on any atom is -0.311 e. The maximum absolute atomic E-state index is 8.57. The highest BCUT2D eigenvalue weighted by atomic mass is 15.2. The maximum Gasteiger partial charge on any atom is 0.0461 e. The summed E-state index contributed by atoms with van der Waals surface area (Å²) in [6.45, 7) is 0. The Kier molecular flexibility index (Phi) is 5.63. The van der Waals surface area contributed by atoms with Crippen molar-refractivity contribution in [3.8, 4) is 0 Å². The van der Waals surface area contributed by atoms with Gasteiger partial charge in [-0.25, -0.2) is 0 Å². The molecule has 0 N–H and O–H groups in total. The lowest BCUT2D eigenvalue weighted by atomic mass is 10.1. The molecule has 0 fully saturated rings. The summed E-state index contributed by atoms with van der Waals surface area (Å²) in [5, 5.41) is 10.8. The first kappa shape index (κ1) is 18.2. The van der Waals surface area contributed by atoms with Crippen molar-refractivity contribution in [1.29, 1.82) is 0 Å². The second-order valence-electron chi connectivity index (χ2n) is 5.45. The van der Waals surface area contributed by atoms with Crippen LogP contribution >= 0.6 is 0 Å². The summed E-state index contributed by atoms with van der Waals surface area (Å²) in [7, 11) is 0. The van der Waals surface area contributed by atoms with E-state index in [0.717, 1.165) is 17.1 Å². The summed E-state index contributed by atoms with van der Waals surface area (Å²) in [5.74, 6) is 0. The fourth-order valence-electron chi connectivity index (χ4n) is 2.61. The molecule has 0 atom stereocenters. The van der Waals surface area contributed by atoms with Gasteiger partial charge in [-0.05, 0) is 53.0 Å². The van der Waals surface area contributed by atoms with Crippen molar-refractivity contribution in [2.45, 2.75) is 0 Å². The van der Waals surface area contributed by atoms with Crippen LogP contribution in [-0.4, -0.2) is 0 Å². The van der Waals surface area contributed by atoms with Crippen LogP contribution in [0.1, 0.15) is 0 Å². The molecule has 3 rings (SSSR count). The van der Waals surface area contributed by atoms with Gasteiger partial charge in [-0.2, -0.15) is 0 Å². The molecule has 0 aliphatic carbocycles. The van der Waals surface area contributed by atoms with Crippen molar-refractivity contribution < 1.29 is 0 Å². The number of anilines is 3. The molecule has 0 aliphatic rings. The second-order valence-corrected chi connectivity index (χ2v) is 5.45. The van der Waals surface area contributed by atoms with Crippen LogP contribution < -0.4 is 4.90 Å². The van der Waals surface area contributed by atoms with Gasteiger partial charge in [0, 0.05) is 48.9 Å². The van der Waals surface area contributed by atoms with Gasteiger partial charge in [0.25, 0.3) is 0 Å². The Morgan fingerprint density at radius 2 is 0.714 bits per heavy atom. The molecule has 134 valence electrons. The Balaban J connectivity index is 2.07. The Morgan fingerprint density at radius 1 is 0.464 bits per heavy atom. The average molecular weight is 368 g/mol. The van der Waals surface area contributed by atoms with E-state index >= 15 is 0 Å². The maximum atomic E-state index is 8.57. The molecular weight excluding hydrogens is 356 g/mol. The third kappa shape index (κ3) is 4.13. The first-order valence-corrected chi connectivity index (χ1v) is 8.01. The number of hydrogen-bond acceptors (Lipinski definition) is 4. The van der Waals surface area contributed by atoms with Gasteiger partial charge in [0.2, 0.25) is 0 Å². The highest BCUT2D eigenvalue weighted by Gasteiger charge is 2.12. The average Bonchev–Trinajstić information content (AvgIpc) is 2.73. The number of benzene rings is 3. The topological polar surface area (TPSA) is 150 Å². The molecule has 3 aromatic carbocycles. The third-order valence-corrected chi connectivity index (χ3v) is 3.80. The zero-order valence-corrected chi connectivity index (χ0v) is 14.4. The first-order chi connectivity index (χ1) is 13.7. The van der Waals surface area contributed by atoms with E-state index in [-0.39, 0.29) is 0 Å². The number of hydrogen-bond donors (Lipinski definition) is 0. The summed E-state index contributed by atoms with van der Waals surface area (Å²) < 4.78 is 0. The molecule has 0 spiro atoms. The van der Waals surface area contributed by atoms with Gasteiger partial charge in [-0.3, -0.25) is 0 Å². The molecule has 0 aromatic heterocycles. The van der Waals surface area contributed by atoms with Crippen molar-refractivity contribution in [3.63, 3.8) is 0 Å². The van der Waals surface area contributed by atoms with E-state index in [1.165, 1.54) is 0 Å². The second kappa shape index (κ2) is 8.66. The Bertz CT molecular complexity index is 954. The standard InChI is InChI=1S/C18H12N10/c19-25-22-13-1-7-16(8-2-13)28(17-9-3-14(4-10-17)23-26-20)18-11-5-15(6-12-18)24-27-21/h1-12H. The normalized spacial score (nSPS) is 9.43. The van der Waals surface area contributed by atoms with Crippen LogP contribution in [-0.2, 0) is 0 Å². The van der Waals surface area contributed by atoms with Crippen molar-refractivity contribution >= 4 is 34.1 Å².